The molecule has 20 heavy (non-hydrogen) atoms. The average molecular weight is 340 g/mol. The van der Waals surface area contributed by atoms with Gasteiger partial charge in [-0.15, -0.1) is 11.3 Å². The van der Waals surface area contributed by atoms with Gasteiger partial charge in [-0.1, -0.05) is 11.6 Å². The van der Waals surface area contributed by atoms with Gasteiger partial charge in [-0.3, -0.25) is 4.79 Å². The van der Waals surface area contributed by atoms with Crippen molar-refractivity contribution in [2.24, 2.45) is 0 Å². The molecule has 1 N–H and O–H groups in total. The molecule has 1 rings (SSSR count). The summed E-state index contributed by atoms with van der Waals surface area (Å²) in [6.07, 6.45) is -0.241. The van der Waals surface area contributed by atoms with E-state index in [4.69, 9.17) is 16.7 Å². The number of thiophene rings is 1. The summed E-state index contributed by atoms with van der Waals surface area (Å²) in [4.78, 5) is 10.7. The number of aryl methyl sites for hydroxylation is 1. The topological polar surface area (TPSA) is 74.7 Å². The van der Waals surface area contributed by atoms with Crippen LogP contribution in [0.5, 0.6) is 0 Å². The van der Waals surface area contributed by atoms with Gasteiger partial charge in [0.25, 0.3) is 10.0 Å². The van der Waals surface area contributed by atoms with E-state index in [-0.39, 0.29) is 17.2 Å². The van der Waals surface area contributed by atoms with Gasteiger partial charge >= 0.3 is 5.97 Å². The molecule has 0 radical (unpaired) electrons. The molecule has 0 spiro atoms. The van der Waals surface area contributed by atoms with Gasteiger partial charge < -0.3 is 5.11 Å². The molecule has 0 bridgehead atoms. The molecule has 0 saturated heterocycles. The molecular formula is C12H18ClNO4S2. The Morgan fingerprint density at radius 3 is 2.35 bits per heavy atom. The largest absolute Gasteiger partial charge is 0.481 e. The van der Waals surface area contributed by atoms with Gasteiger partial charge in [0.1, 0.15) is 4.21 Å². The van der Waals surface area contributed by atoms with Crippen LogP contribution in [0.3, 0.4) is 0 Å². The second-order valence-electron chi connectivity index (χ2n) is 5.41. The summed E-state index contributed by atoms with van der Waals surface area (Å²) in [5.74, 6) is -1.03. The van der Waals surface area contributed by atoms with Crippen molar-refractivity contribution >= 4 is 38.9 Å². The highest BCUT2D eigenvalue weighted by Crippen LogP contribution is 2.34. The van der Waals surface area contributed by atoms with Gasteiger partial charge in [0.2, 0.25) is 0 Å². The highest BCUT2D eigenvalue weighted by atomic mass is 35.5. The number of carboxylic acids is 1. The molecule has 0 atom stereocenters. The maximum absolute atomic E-state index is 12.6. The van der Waals surface area contributed by atoms with Crippen LogP contribution in [0.25, 0.3) is 0 Å². The van der Waals surface area contributed by atoms with Gasteiger partial charge in [-0.25, -0.2) is 8.42 Å². The third-order valence-corrected chi connectivity index (χ3v) is 6.82. The number of nitrogens with zero attached hydrogens (tertiary/aromatic N) is 1. The number of carbonyl (C=O) groups is 1. The Hall–Kier alpha value is -0.630. The molecule has 5 nitrogen and oxygen atoms in total. The zero-order valence-electron chi connectivity index (χ0n) is 11.8. The van der Waals surface area contributed by atoms with E-state index in [9.17, 15) is 13.2 Å². The first-order chi connectivity index (χ1) is 8.96. The lowest BCUT2D eigenvalue weighted by Crippen LogP contribution is -2.46. The number of sulfonamides is 1. The first-order valence-electron chi connectivity index (χ1n) is 5.97. The van der Waals surface area contributed by atoms with Crippen LogP contribution in [0.4, 0.5) is 0 Å². The van der Waals surface area contributed by atoms with E-state index in [0.29, 0.717) is 9.90 Å². The number of rotatable bonds is 5. The molecule has 0 unspecified atom stereocenters. The fraction of sp³-hybridized carbons (Fsp3) is 0.583. The molecule has 0 saturated carbocycles. The molecule has 0 fully saturated rings. The van der Waals surface area contributed by atoms with Crippen molar-refractivity contribution in [3.05, 3.63) is 16.0 Å². The van der Waals surface area contributed by atoms with Crippen LogP contribution in [0.1, 0.15) is 32.8 Å². The molecule has 0 aromatic carbocycles. The fourth-order valence-electron chi connectivity index (χ4n) is 1.68. The van der Waals surface area contributed by atoms with Crippen molar-refractivity contribution in [3.8, 4) is 0 Å². The quantitative estimate of drug-likeness (QED) is 0.894. The molecule has 0 aliphatic rings. The first kappa shape index (κ1) is 17.4. The number of hydrogen-bond donors (Lipinski definition) is 1. The molecule has 0 aliphatic carbocycles. The molecule has 114 valence electrons. The van der Waals surface area contributed by atoms with Crippen molar-refractivity contribution in [1.82, 2.24) is 4.31 Å². The Morgan fingerprint density at radius 1 is 1.45 bits per heavy atom. The summed E-state index contributed by atoms with van der Waals surface area (Å²) >= 11 is 6.91. The van der Waals surface area contributed by atoms with Crippen molar-refractivity contribution in [1.29, 1.82) is 0 Å². The summed E-state index contributed by atoms with van der Waals surface area (Å²) < 4.78 is 27.1. The van der Waals surface area contributed by atoms with Crippen LogP contribution in [-0.2, 0) is 14.8 Å². The lowest BCUT2D eigenvalue weighted by atomic mass is 10.1. The average Bonchev–Trinajstić information content (AvgIpc) is 2.57. The summed E-state index contributed by atoms with van der Waals surface area (Å²) in [5, 5.41) is 8.77. The highest BCUT2D eigenvalue weighted by Gasteiger charge is 2.35. The maximum Gasteiger partial charge on any atom is 0.304 e. The van der Waals surface area contributed by atoms with Crippen molar-refractivity contribution < 1.29 is 18.3 Å². The minimum Gasteiger partial charge on any atom is -0.481 e. The highest BCUT2D eigenvalue weighted by molar-refractivity contribution is 7.91. The van der Waals surface area contributed by atoms with E-state index in [1.807, 2.05) is 0 Å². The zero-order chi connectivity index (χ0) is 15.7. The Morgan fingerprint density at radius 2 is 2.00 bits per heavy atom. The second-order valence-corrected chi connectivity index (χ2v) is 9.16. The van der Waals surface area contributed by atoms with Gasteiger partial charge in [0.15, 0.2) is 0 Å². The Balaban J connectivity index is 3.21. The summed E-state index contributed by atoms with van der Waals surface area (Å²) in [6, 6.07) is 1.52. The van der Waals surface area contributed by atoms with E-state index < -0.39 is 21.5 Å². The number of carboxylic acid groups (broad SMARTS) is 1. The van der Waals surface area contributed by atoms with Crippen LogP contribution >= 0.6 is 22.9 Å². The van der Waals surface area contributed by atoms with E-state index in [1.54, 1.807) is 27.7 Å². The van der Waals surface area contributed by atoms with Gasteiger partial charge in [-0.2, -0.15) is 4.31 Å². The van der Waals surface area contributed by atoms with Crippen LogP contribution in [0.2, 0.25) is 4.34 Å². The van der Waals surface area contributed by atoms with Crippen molar-refractivity contribution in [2.45, 2.75) is 43.9 Å². The summed E-state index contributed by atoms with van der Waals surface area (Å²) in [5.41, 5.74) is -0.0131. The molecule has 0 amide bonds. The smallest absolute Gasteiger partial charge is 0.304 e. The zero-order valence-corrected chi connectivity index (χ0v) is 14.2. The second kappa shape index (κ2) is 6.01. The monoisotopic (exact) mass is 339 g/mol. The van der Waals surface area contributed by atoms with Crippen LogP contribution in [0.15, 0.2) is 10.3 Å². The molecule has 1 heterocycles. The van der Waals surface area contributed by atoms with Crippen molar-refractivity contribution in [2.75, 3.05) is 6.54 Å². The third kappa shape index (κ3) is 3.94. The van der Waals surface area contributed by atoms with Crippen LogP contribution in [-0.4, -0.2) is 35.9 Å². The third-order valence-electron chi connectivity index (χ3n) is 2.66. The fourth-order valence-corrected chi connectivity index (χ4v) is 5.29. The minimum absolute atomic E-state index is 0.0737. The normalized spacial score (nSPS) is 12.9. The Bertz CT molecular complexity index is 582. The van der Waals surface area contributed by atoms with Gasteiger partial charge in [0, 0.05) is 12.1 Å². The number of halogens is 1. The molecule has 1 aromatic heterocycles. The van der Waals surface area contributed by atoms with Gasteiger partial charge in [-0.05, 0) is 39.3 Å². The lowest BCUT2D eigenvalue weighted by Gasteiger charge is -2.33. The molecule has 8 heteroatoms. The Kier molecular flexibility index (Phi) is 5.23. The number of hydrogen-bond acceptors (Lipinski definition) is 4. The Labute approximate surface area is 128 Å². The minimum atomic E-state index is -3.75. The van der Waals surface area contributed by atoms with Crippen LogP contribution in [0, 0.1) is 6.92 Å². The van der Waals surface area contributed by atoms with Gasteiger partial charge in [0.05, 0.1) is 10.8 Å². The molecule has 1 aromatic rings. The predicted molar refractivity (Wildman–Crippen MR) is 80.0 cm³/mol. The van der Waals surface area contributed by atoms with Crippen molar-refractivity contribution in [3.63, 3.8) is 0 Å². The predicted octanol–water partition coefficient (Wildman–Crippen LogP) is 2.97. The molecule has 0 aliphatic heterocycles. The molecular weight excluding hydrogens is 322 g/mol. The van der Waals surface area contributed by atoms with E-state index in [0.717, 1.165) is 11.3 Å². The maximum atomic E-state index is 12.6. The number of aliphatic carboxylic acids is 1. The SMILES string of the molecule is Cc1cc(S(=O)(=O)N(CCC(=O)O)C(C)(C)C)sc1Cl. The van der Waals surface area contributed by atoms with E-state index in [1.165, 1.54) is 10.4 Å². The van der Waals surface area contributed by atoms with Crippen LogP contribution < -0.4 is 0 Å². The standard InChI is InChI=1S/C12H18ClNO4S2/c1-8-7-10(19-11(8)13)20(17,18)14(12(2,3)4)6-5-9(15)16/h7H,5-6H2,1-4H3,(H,15,16). The lowest BCUT2D eigenvalue weighted by molar-refractivity contribution is -0.137. The van der Waals surface area contributed by atoms with E-state index >= 15 is 0 Å². The first-order valence-corrected chi connectivity index (χ1v) is 8.60. The summed E-state index contributed by atoms with van der Waals surface area (Å²) in [7, 11) is -3.75. The summed E-state index contributed by atoms with van der Waals surface area (Å²) in [6.45, 7) is 6.85. The van der Waals surface area contributed by atoms with E-state index in [2.05, 4.69) is 0 Å².